The monoisotopic (exact) mass is 435 g/mol. The smallest absolute Gasteiger partial charge is 0.326 e. The molecule has 0 saturated carbocycles. The maximum absolute atomic E-state index is 12.5. The highest BCUT2D eigenvalue weighted by atomic mass is 32.2. The Morgan fingerprint density at radius 1 is 1.33 bits per heavy atom. The normalized spacial score (nSPS) is 18.4. The third-order valence-electron chi connectivity index (χ3n) is 4.37. The highest BCUT2D eigenvalue weighted by Gasteiger charge is 2.37. The maximum atomic E-state index is 12.5. The fourth-order valence-electron chi connectivity index (χ4n) is 3.07. The summed E-state index contributed by atoms with van der Waals surface area (Å²) in [7, 11) is 0. The van der Waals surface area contributed by atoms with E-state index in [1.807, 2.05) is 4.90 Å². The van der Waals surface area contributed by atoms with Crippen molar-refractivity contribution in [3.05, 3.63) is 38.8 Å². The minimum Gasteiger partial charge on any atom is -0.462 e. The van der Waals surface area contributed by atoms with Crippen LogP contribution in [-0.4, -0.2) is 65.9 Å². The molecular weight excluding hydrogens is 414 g/mol. The van der Waals surface area contributed by atoms with Crippen molar-refractivity contribution in [3.8, 4) is 0 Å². The minimum atomic E-state index is -0.681. The second kappa shape index (κ2) is 9.26. The number of anilines is 1. The number of nitro groups is 1. The summed E-state index contributed by atoms with van der Waals surface area (Å²) in [5.74, 6) is -1.32. The summed E-state index contributed by atoms with van der Waals surface area (Å²) in [5.41, 5.74) is 0.796. The summed E-state index contributed by atoms with van der Waals surface area (Å²) >= 11 is 0.678. The molecule has 0 aromatic heterocycles. The van der Waals surface area contributed by atoms with Gasteiger partial charge in [-0.15, -0.1) is 0 Å². The van der Waals surface area contributed by atoms with E-state index in [1.54, 1.807) is 26.0 Å². The number of hydrogen-bond acceptors (Lipinski definition) is 9. The van der Waals surface area contributed by atoms with Crippen LogP contribution >= 0.6 is 11.8 Å². The van der Waals surface area contributed by atoms with Gasteiger partial charge in [0, 0.05) is 19.2 Å². The molecule has 2 heterocycles. The molecule has 10 nitrogen and oxygen atoms in total. The molecule has 0 unspecified atom stereocenters. The first kappa shape index (κ1) is 21.8. The fourth-order valence-corrected chi connectivity index (χ4v) is 3.90. The van der Waals surface area contributed by atoms with Gasteiger partial charge in [-0.2, -0.15) is 0 Å². The quantitative estimate of drug-likeness (QED) is 0.287. The van der Waals surface area contributed by atoms with Crippen molar-refractivity contribution in [1.82, 2.24) is 4.90 Å². The van der Waals surface area contributed by atoms with Crippen molar-refractivity contribution in [1.29, 1.82) is 0 Å². The molecule has 2 amide bonds. The summed E-state index contributed by atoms with van der Waals surface area (Å²) in [6, 6.07) is 4.64. The molecule has 1 aromatic rings. The van der Waals surface area contributed by atoms with Crippen molar-refractivity contribution in [2.45, 2.75) is 20.0 Å². The molecule has 2 aliphatic heterocycles. The summed E-state index contributed by atoms with van der Waals surface area (Å²) in [6.45, 7) is 4.93. The van der Waals surface area contributed by atoms with E-state index >= 15 is 0 Å². The lowest BCUT2D eigenvalue weighted by Gasteiger charge is -2.28. The molecule has 160 valence electrons. The average molecular weight is 435 g/mol. The molecule has 0 spiro atoms. The first-order valence-corrected chi connectivity index (χ1v) is 10.1. The highest BCUT2D eigenvalue weighted by molar-refractivity contribution is 8.18. The number of carbonyl (C=O) groups is 3. The van der Waals surface area contributed by atoms with Crippen LogP contribution in [0, 0.1) is 10.1 Å². The van der Waals surface area contributed by atoms with E-state index in [0.717, 1.165) is 4.90 Å². The summed E-state index contributed by atoms with van der Waals surface area (Å²) < 4.78 is 10.3. The first-order valence-electron chi connectivity index (χ1n) is 9.32. The number of hydrogen-bond donors (Lipinski definition) is 0. The Kier molecular flexibility index (Phi) is 6.73. The van der Waals surface area contributed by atoms with E-state index < -0.39 is 28.6 Å². The number of morpholine rings is 1. The second-order valence-corrected chi connectivity index (χ2v) is 7.90. The van der Waals surface area contributed by atoms with E-state index in [1.165, 1.54) is 12.1 Å². The molecule has 1 aromatic carbocycles. The molecule has 3 rings (SSSR count). The topological polar surface area (TPSA) is 119 Å². The van der Waals surface area contributed by atoms with E-state index in [-0.39, 0.29) is 16.7 Å². The molecule has 0 N–H and O–H groups in total. The first-order chi connectivity index (χ1) is 14.3. The average Bonchev–Trinajstić information content (AvgIpc) is 2.95. The number of rotatable bonds is 6. The summed E-state index contributed by atoms with van der Waals surface area (Å²) in [5, 5.41) is 11.0. The molecule has 2 aliphatic rings. The Morgan fingerprint density at radius 3 is 2.67 bits per heavy atom. The lowest BCUT2D eigenvalue weighted by molar-refractivity contribution is -0.384. The van der Waals surface area contributed by atoms with Gasteiger partial charge in [0.25, 0.3) is 16.8 Å². The number of benzene rings is 1. The molecule has 11 heteroatoms. The van der Waals surface area contributed by atoms with Gasteiger partial charge in [-0.1, -0.05) is 6.07 Å². The van der Waals surface area contributed by atoms with E-state index in [9.17, 15) is 24.5 Å². The number of nitrogens with zero attached hydrogens (tertiary/aromatic N) is 3. The summed E-state index contributed by atoms with van der Waals surface area (Å²) in [4.78, 5) is 50.3. The number of imide groups is 1. The van der Waals surface area contributed by atoms with Crippen molar-refractivity contribution < 1.29 is 28.8 Å². The zero-order valence-electron chi connectivity index (χ0n) is 16.5. The number of carbonyl (C=O) groups excluding carboxylic acids is 3. The molecule has 2 saturated heterocycles. The van der Waals surface area contributed by atoms with Gasteiger partial charge in [0.05, 0.1) is 29.1 Å². The van der Waals surface area contributed by atoms with Crippen LogP contribution in [-0.2, 0) is 19.1 Å². The molecule has 0 bridgehead atoms. The third-order valence-corrected chi connectivity index (χ3v) is 5.28. The van der Waals surface area contributed by atoms with Crippen LogP contribution in [0.4, 0.5) is 16.2 Å². The van der Waals surface area contributed by atoms with Crippen molar-refractivity contribution in [2.24, 2.45) is 0 Å². The Morgan fingerprint density at radius 2 is 2.03 bits per heavy atom. The second-order valence-electron chi connectivity index (χ2n) is 6.91. The number of amides is 2. The molecular formula is C19H21N3O7S. The third kappa shape index (κ3) is 4.97. The minimum absolute atomic E-state index is 0.0887. The van der Waals surface area contributed by atoms with Gasteiger partial charge in [-0.25, -0.2) is 0 Å². The van der Waals surface area contributed by atoms with Gasteiger partial charge < -0.3 is 14.4 Å². The van der Waals surface area contributed by atoms with Gasteiger partial charge in [-0.3, -0.25) is 29.4 Å². The number of ether oxygens (including phenoxy) is 2. The lowest BCUT2D eigenvalue weighted by Crippen LogP contribution is -2.36. The molecule has 0 radical (unpaired) electrons. The van der Waals surface area contributed by atoms with E-state index in [0.29, 0.717) is 49.3 Å². The van der Waals surface area contributed by atoms with Crippen LogP contribution < -0.4 is 4.90 Å². The van der Waals surface area contributed by atoms with Crippen LogP contribution in [0.2, 0.25) is 0 Å². The van der Waals surface area contributed by atoms with Crippen molar-refractivity contribution >= 4 is 46.3 Å². The van der Waals surface area contributed by atoms with Crippen LogP contribution in [0.15, 0.2) is 23.1 Å². The zero-order valence-corrected chi connectivity index (χ0v) is 17.3. The Labute approximate surface area is 176 Å². The standard InChI is InChI=1S/C19H21N3O7S/c1-12(2)29-17(23)11-21-18(24)16(30-19(21)25)10-13-3-4-14(15(9-13)22(26)27)20-5-7-28-8-6-20/h3-4,9-10,12H,5-8,11H2,1-2H3/b16-10-. The predicted molar refractivity (Wildman–Crippen MR) is 110 cm³/mol. The van der Waals surface area contributed by atoms with Crippen molar-refractivity contribution in [2.75, 3.05) is 37.7 Å². The summed E-state index contributed by atoms with van der Waals surface area (Å²) in [6.07, 6.45) is 1.05. The van der Waals surface area contributed by atoms with Crippen LogP contribution in [0.25, 0.3) is 6.08 Å². The molecule has 2 fully saturated rings. The van der Waals surface area contributed by atoms with Gasteiger partial charge in [-0.05, 0) is 43.3 Å². The van der Waals surface area contributed by atoms with Gasteiger partial charge in [0.15, 0.2) is 0 Å². The van der Waals surface area contributed by atoms with Crippen molar-refractivity contribution in [3.63, 3.8) is 0 Å². The number of esters is 1. The van der Waals surface area contributed by atoms with Gasteiger partial charge in [0.1, 0.15) is 12.2 Å². The predicted octanol–water partition coefficient (Wildman–Crippen LogP) is 2.42. The van der Waals surface area contributed by atoms with E-state index in [2.05, 4.69) is 0 Å². The SMILES string of the molecule is CC(C)OC(=O)CN1C(=O)S/C(=C\c2ccc(N3CCOCC3)c([N+](=O)[O-])c2)C1=O. The van der Waals surface area contributed by atoms with E-state index in [4.69, 9.17) is 9.47 Å². The largest absolute Gasteiger partial charge is 0.462 e. The molecule has 30 heavy (non-hydrogen) atoms. The Hall–Kier alpha value is -2.92. The maximum Gasteiger partial charge on any atom is 0.326 e. The van der Waals surface area contributed by atoms with Gasteiger partial charge in [0.2, 0.25) is 0 Å². The zero-order chi connectivity index (χ0) is 21.8. The van der Waals surface area contributed by atoms with Gasteiger partial charge >= 0.3 is 5.97 Å². The van der Waals surface area contributed by atoms with Crippen LogP contribution in [0.1, 0.15) is 19.4 Å². The Bertz CT molecular complexity index is 909. The fraction of sp³-hybridized carbons (Fsp3) is 0.421. The molecule has 0 aliphatic carbocycles. The number of thioether (sulfide) groups is 1. The molecule has 0 atom stereocenters. The number of nitro benzene ring substituents is 1. The lowest BCUT2D eigenvalue weighted by atomic mass is 10.1. The highest BCUT2D eigenvalue weighted by Crippen LogP contribution is 2.35. The van der Waals surface area contributed by atoms with Crippen LogP contribution in [0.3, 0.4) is 0 Å². The van der Waals surface area contributed by atoms with Crippen LogP contribution in [0.5, 0.6) is 0 Å². The Balaban J connectivity index is 1.81.